The summed E-state index contributed by atoms with van der Waals surface area (Å²) < 4.78 is 0. The number of amides is 3. The Morgan fingerprint density at radius 3 is 1.62 bits per heavy atom. The number of phenolic OH excluding ortho intramolecular Hbond substituents is 1. The summed E-state index contributed by atoms with van der Waals surface area (Å²) in [5, 5.41) is 27.2. The lowest BCUT2D eigenvalue weighted by molar-refractivity contribution is -0.142. The third-order valence-electron chi connectivity index (χ3n) is 6.79. The van der Waals surface area contributed by atoms with E-state index in [1.165, 1.54) is 12.1 Å². The Balaban J connectivity index is 1.73. The number of carboxylic acids is 1. The summed E-state index contributed by atoms with van der Waals surface area (Å²) in [7, 11) is 0. The summed E-state index contributed by atoms with van der Waals surface area (Å²) in [4.78, 5) is 51.8. The fourth-order valence-electron chi connectivity index (χ4n) is 4.42. The fraction of sp³-hybridized carbons (Fsp3) is 0.312. The number of hydrogen-bond acceptors (Lipinski definition) is 6. The number of carbonyl (C=O) groups is 4. The molecule has 3 aromatic rings. The number of aromatic hydroxyl groups is 1. The highest BCUT2D eigenvalue weighted by molar-refractivity contribution is 5.94. The predicted octanol–water partition coefficient (Wildman–Crippen LogP) is 1.94. The first-order chi connectivity index (χ1) is 20.0. The molecular formula is C32H38N4O6. The van der Waals surface area contributed by atoms with Crippen LogP contribution in [0.4, 0.5) is 0 Å². The summed E-state index contributed by atoms with van der Waals surface area (Å²) >= 11 is 0. The number of benzene rings is 3. The standard InChI is InChI=1S/C32H38N4O6/c1-20(2)28(31(40)35-27(32(41)42)19-22-11-7-4-8-12-22)36-30(39)26(18-21-9-5-3-6-10-21)34-29(38)25(33)17-23-13-15-24(37)16-14-23/h3-16,20,25-28,37H,17-19,33H2,1-2H3,(H,34,38)(H,35,40)(H,36,39)(H,41,42). The number of phenols is 1. The molecule has 0 saturated heterocycles. The highest BCUT2D eigenvalue weighted by Gasteiger charge is 2.32. The minimum atomic E-state index is -1.20. The molecule has 222 valence electrons. The number of nitrogens with two attached hydrogens (primary N) is 1. The van der Waals surface area contributed by atoms with E-state index in [2.05, 4.69) is 16.0 Å². The second kappa shape index (κ2) is 15.3. The SMILES string of the molecule is CC(C)C(NC(=O)C(Cc1ccccc1)NC(=O)C(N)Cc1ccc(O)cc1)C(=O)NC(Cc1ccccc1)C(=O)O. The third kappa shape index (κ3) is 9.74. The van der Waals surface area contributed by atoms with E-state index in [0.717, 1.165) is 16.7 Å². The zero-order chi connectivity index (χ0) is 30.6. The van der Waals surface area contributed by atoms with Crippen LogP contribution in [0.15, 0.2) is 84.9 Å². The molecule has 42 heavy (non-hydrogen) atoms. The van der Waals surface area contributed by atoms with Crippen LogP contribution in [-0.2, 0) is 38.4 Å². The van der Waals surface area contributed by atoms with Crippen LogP contribution < -0.4 is 21.7 Å². The van der Waals surface area contributed by atoms with Crippen molar-refractivity contribution in [1.29, 1.82) is 0 Å². The van der Waals surface area contributed by atoms with E-state index < -0.39 is 47.9 Å². The Morgan fingerprint density at radius 2 is 1.12 bits per heavy atom. The van der Waals surface area contributed by atoms with Crippen LogP contribution in [0.5, 0.6) is 5.75 Å². The van der Waals surface area contributed by atoms with Gasteiger partial charge in [0, 0.05) is 12.8 Å². The van der Waals surface area contributed by atoms with Crippen LogP contribution in [0, 0.1) is 5.92 Å². The van der Waals surface area contributed by atoms with Gasteiger partial charge in [-0.1, -0.05) is 86.6 Å². The molecule has 3 rings (SSSR count). The lowest BCUT2D eigenvalue weighted by Crippen LogP contribution is -2.59. The third-order valence-corrected chi connectivity index (χ3v) is 6.79. The molecule has 10 heteroatoms. The number of aliphatic carboxylic acids is 1. The summed E-state index contributed by atoms with van der Waals surface area (Å²) in [5.41, 5.74) is 8.41. The van der Waals surface area contributed by atoms with Gasteiger partial charge in [0.05, 0.1) is 6.04 Å². The van der Waals surface area contributed by atoms with Crippen molar-refractivity contribution in [1.82, 2.24) is 16.0 Å². The second-order valence-electron chi connectivity index (χ2n) is 10.5. The van der Waals surface area contributed by atoms with Crippen LogP contribution >= 0.6 is 0 Å². The highest BCUT2D eigenvalue weighted by Crippen LogP contribution is 2.12. The van der Waals surface area contributed by atoms with Crippen LogP contribution in [0.2, 0.25) is 0 Å². The lowest BCUT2D eigenvalue weighted by Gasteiger charge is -2.27. The van der Waals surface area contributed by atoms with Gasteiger partial charge in [0.25, 0.3) is 0 Å². The molecule has 0 heterocycles. The van der Waals surface area contributed by atoms with E-state index in [9.17, 15) is 29.4 Å². The summed E-state index contributed by atoms with van der Waals surface area (Å²) in [6.07, 6.45) is 0.398. The van der Waals surface area contributed by atoms with Gasteiger partial charge in [0.2, 0.25) is 17.7 Å². The maximum atomic E-state index is 13.5. The number of rotatable bonds is 14. The Labute approximate surface area is 245 Å². The minimum absolute atomic E-state index is 0.0757. The van der Waals surface area contributed by atoms with E-state index in [1.54, 1.807) is 50.2 Å². The monoisotopic (exact) mass is 574 g/mol. The van der Waals surface area contributed by atoms with Crippen molar-refractivity contribution in [3.8, 4) is 5.75 Å². The normalized spacial score (nSPS) is 13.8. The van der Waals surface area contributed by atoms with Gasteiger partial charge in [-0.15, -0.1) is 0 Å². The molecule has 3 amide bonds. The van der Waals surface area contributed by atoms with Gasteiger partial charge in [-0.25, -0.2) is 4.79 Å². The Kier molecular flexibility index (Phi) is 11.6. The van der Waals surface area contributed by atoms with E-state index in [1.807, 2.05) is 36.4 Å². The molecule has 0 aliphatic carbocycles. The van der Waals surface area contributed by atoms with Crippen LogP contribution in [0.25, 0.3) is 0 Å². The summed E-state index contributed by atoms with van der Waals surface area (Å²) in [6.45, 7) is 3.46. The zero-order valence-electron chi connectivity index (χ0n) is 23.7. The van der Waals surface area contributed by atoms with Crippen LogP contribution in [0.3, 0.4) is 0 Å². The van der Waals surface area contributed by atoms with Crippen molar-refractivity contribution in [2.24, 2.45) is 11.7 Å². The molecule has 4 unspecified atom stereocenters. The average Bonchev–Trinajstić information content (AvgIpc) is 2.97. The van der Waals surface area contributed by atoms with E-state index in [-0.39, 0.29) is 30.9 Å². The first-order valence-corrected chi connectivity index (χ1v) is 13.8. The molecule has 10 nitrogen and oxygen atoms in total. The molecular weight excluding hydrogens is 536 g/mol. The molecule has 0 aromatic heterocycles. The Morgan fingerprint density at radius 1 is 0.643 bits per heavy atom. The number of carbonyl (C=O) groups excluding carboxylic acids is 3. The Bertz CT molecular complexity index is 1330. The molecule has 7 N–H and O–H groups in total. The van der Waals surface area contributed by atoms with Gasteiger partial charge in [-0.2, -0.15) is 0 Å². The van der Waals surface area contributed by atoms with Crippen molar-refractivity contribution >= 4 is 23.7 Å². The van der Waals surface area contributed by atoms with Crippen LogP contribution in [-0.4, -0.2) is 58.1 Å². The minimum Gasteiger partial charge on any atom is -0.508 e. The summed E-state index contributed by atoms with van der Waals surface area (Å²) in [5.74, 6) is -3.29. The smallest absolute Gasteiger partial charge is 0.326 e. The van der Waals surface area contributed by atoms with E-state index in [4.69, 9.17) is 5.73 Å². The van der Waals surface area contributed by atoms with E-state index in [0.29, 0.717) is 0 Å². The van der Waals surface area contributed by atoms with Gasteiger partial charge in [0.15, 0.2) is 0 Å². The van der Waals surface area contributed by atoms with Gasteiger partial charge in [0.1, 0.15) is 23.9 Å². The number of nitrogens with one attached hydrogen (secondary N) is 3. The summed E-state index contributed by atoms with van der Waals surface area (Å²) in [6, 6.07) is 20.0. The average molecular weight is 575 g/mol. The van der Waals surface area contributed by atoms with Gasteiger partial charge < -0.3 is 31.9 Å². The topological polar surface area (TPSA) is 171 Å². The zero-order valence-corrected chi connectivity index (χ0v) is 23.7. The Hall–Kier alpha value is -4.70. The molecule has 0 aliphatic heterocycles. The largest absolute Gasteiger partial charge is 0.508 e. The molecule has 0 fully saturated rings. The molecule has 0 aliphatic rings. The van der Waals surface area contributed by atoms with Crippen molar-refractivity contribution in [2.45, 2.75) is 57.3 Å². The van der Waals surface area contributed by atoms with Crippen molar-refractivity contribution in [3.63, 3.8) is 0 Å². The predicted molar refractivity (Wildman–Crippen MR) is 158 cm³/mol. The highest BCUT2D eigenvalue weighted by atomic mass is 16.4. The van der Waals surface area contributed by atoms with E-state index >= 15 is 0 Å². The quantitative estimate of drug-likeness (QED) is 0.171. The molecule has 0 radical (unpaired) electrons. The van der Waals surface area contributed by atoms with Gasteiger partial charge in [-0.05, 0) is 41.2 Å². The van der Waals surface area contributed by atoms with Crippen LogP contribution in [0.1, 0.15) is 30.5 Å². The maximum Gasteiger partial charge on any atom is 0.326 e. The molecule has 0 saturated carbocycles. The van der Waals surface area contributed by atoms with Crippen molar-refractivity contribution < 1.29 is 29.4 Å². The van der Waals surface area contributed by atoms with Crippen molar-refractivity contribution in [2.75, 3.05) is 0 Å². The first kappa shape index (κ1) is 31.8. The molecule has 0 spiro atoms. The van der Waals surface area contributed by atoms with Crippen molar-refractivity contribution in [3.05, 3.63) is 102 Å². The number of hydrogen-bond donors (Lipinski definition) is 6. The number of carboxylic acid groups (broad SMARTS) is 1. The van der Waals surface area contributed by atoms with Gasteiger partial charge >= 0.3 is 5.97 Å². The molecule has 0 bridgehead atoms. The molecule has 3 aromatic carbocycles. The maximum absolute atomic E-state index is 13.5. The van der Waals surface area contributed by atoms with Gasteiger partial charge in [-0.3, -0.25) is 14.4 Å². The lowest BCUT2D eigenvalue weighted by atomic mass is 9.99. The molecule has 4 atom stereocenters. The second-order valence-corrected chi connectivity index (χ2v) is 10.5. The fourth-order valence-corrected chi connectivity index (χ4v) is 4.42. The first-order valence-electron chi connectivity index (χ1n) is 13.8.